The third-order valence-corrected chi connectivity index (χ3v) is 6.08. The molecule has 1 unspecified atom stereocenters. The predicted molar refractivity (Wildman–Crippen MR) is 127 cm³/mol. The van der Waals surface area contributed by atoms with Gasteiger partial charge < -0.3 is 19.5 Å². The molecule has 1 aliphatic rings. The number of ether oxygens (including phenoxy) is 3. The Morgan fingerprint density at radius 2 is 2.00 bits per heavy atom. The van der Waals surface area contributed by atoms with Crippen LogP contribution < -0.4 is 14.8 Å². The second-order valence-corrected chi connectivity index (χ2v) is 8.67. The molecule has 1 atom stereocenters. The van der Waals surface area contributed by atoms with Crippen LogP contribution in [0, 0.1) is 5.82 Å². The van der Waals surface area contributed by atoms with Crippen LogP contribution in [0.3, 0.4) is 0 Å². The molecule has 1 aliphatic heterocycles. The number of carbonyl (C=O) groups excluding carboxylic acids is 1. The van der Waals surface area contributed by atoms with Gasteiger partial charge in [0.05, 0.1) is 19.8 Å². The maximum atomic E-state index is 14.0. The van der Waals surface area contributed by atoms with Crippen molar-refractivity contribution in [2.45, 2.75) is 31.7 Å². The fourth-order valence-corrected chi connectivity index (χ4v) is 4.30. The minimum atomic E-state index is -0.586. The molecule has 10 heteroatoms. The Balaban J connectivity index is 1.72. The molecule has 2 heterocycles. The zero-order chi connectivity index (χ0) is 24.2. The molecule has 0 bridgehead atoms. The lowest BCUT2D eigenvalue weighted by molar-refractivity contribution is -0.136. The van der Waals surface area contributed by atoms with E-state index in [2.05, 4.69) is 15.4 Å². The number of anilines is 1. The van der Waals surface area contributed by atoms with Crippen molar-refractivity contribution in [1.29, 1.82) is 0 Å². The Morgan fingerprint density at radius 1 is 1.21 bits per heavy atom. The number of fused-ring (bicyclic) bond motifs is 1. The number of aromatic nitrogens is 3. The van der Waals surface area contributed by atoms with Gasteiger partial charge >= 0.3 is 5.97 Å². The van der Waals surface area contributed by atoms with Gasteiger partial charge in [-0.1, -0.05) is 43.0 Å². The molecule has 1 aromatic heterocycles. The summed E-state index contributed by atoms with van der Waals surface area (Å²) in [6, 6.07) is 11.2. The number of rotatable bonds is 8. The Bertz CT molecular complexity index is 1240. The van der Waals surface area contributed by atoms with Crippen molar-refractivity contribution in [3.05, 3.63) is 70.7 Å². The van der Waals surface area contributed by atoms with Crippen LogP contribution in [-0.2, 0) is 16.1 Å². The first-order valence-corrected chi connectivity index (χ1v) is 11.6. The summed E-state index contributed by atoms with van der Waals surface area (Å²) < 4.78 is 32.1. The normalized spacial score (nSPS) is 14.9. The fourth-order valence-electron chi connectivity index (χ4n) is 3.75. The summed E-state index contributed by atoms with van der Waals surface area (Å²) in [6.45, 7) is 3.87. The highest BCUT2D eigenvalue weighted by molar-refractivity contribution is 7.99. The monoisotopic (exact) mass is 484 g/mol. The third kappa shape index (κ3) is 4.58. The first kappa shape index (κ1) is 23.6. The number of nitrogens with one attached hydrogen (secondary N) is 1. The maximum absolute atomic E-state index is 14.0. The second-order valence-electron chi connectivity index (χ2n) is 7.44. The summed E-state index contributed by atoms with van der Waals surface area (Å²) in [4.78, 5) is 17.3. The molecule has 178 valence electrons. The minimum Gasteiger partial charge on any atom is -0.493 e. The van der Waals surface area contributed by atoms with Crippen LogP contribution in [0.2, 0.25) is 0 Å². The highest BCUT2D eigenvalue weighted by Gasteiger charge is 2.35. The topological polar surface area (TPSA) is 87.5 Å². The number of esters is 1. The third-order valence-electron chi connectivity index (χ3n) is 5.36. The van der Waals surface area contributed by atoms with Crippen molar-refractivity contribution in [3.63, 3.8) is 0 Å². The van der Waals surface area contributed by atoms with Gasteiger partial charge in [0.2, 0.25) is 11.1 Å². The molecule has 34 heavy (non-hydrogen) atoms. The van der Waals surface area contributed by atoms with E-state index in [0.29, 0.717) is 39.4 Å². The van der Waals surface area contributed by atoms with E-state index in [9.17, 15) is 9.18 Å². The van der Waals surface area contributed by atoms with Crippen molar-refractivity contribution < 1.29 is 23.4 Å². The van der Waals surface area contributed by atoms with Gasteiger partial charge in [0.15, 0.2) is 11.5 Å². The quantitative estimate of drug-likeness (QED) is 0.367. The Labute approximate surface area is 201 Å². The van der Waals surface area contributed by atoms with E-state index in [1.807, 2.05) is 13.0 Å². The molecule has 0 amide bonds. The molecule has 0 aliphatic carbocycles. The van der Waals surface area contributed by atoms with Gasteiger partial charge in [-0.3, -0.25) is 0 Å². The predicted octanol–water partition coefficient (Wildman–Crippen LogP) is 4.58. The van der Waals surface area contributed by atoms with E-state index in [4.69, 9.17) is 14.2 Å². The van der Waals surface area contributed by atoms with Crippen molar-refractivity contribution in [2.75, 3.05) is 25.3 Å². The number of hydrogen-bond donors (Lipinski definition) is 1. The average molecular weight is 485 g/mol. The van der Waals surface area contributed by atoms with E-state index in [0.717, 1.165) is 11.3 Å². The van der Waals surface area contributed by atoms with Crippen LogP contribution in [-0.4, -0.2) is 40.7 Å². The maximum Gasteiger partial charge on any atom is 0.338 e. The van der Waals surface area contributed by atoms with Gasteiger partial charge in [0, 0.05) is 11.3 Å². The van der Waals surface area contributed by atoms with Gasteiger partial charge in [-0.25, -0.2) is 13.9 Å². The molecule has 1 N–H and O–H groups in total. The SMILES string of the molecule is CCSc1nc2n(n1)C(c1ccc(OCc3ccccc3F)c(OC)c1)C(C(=O)OC)=C(C)N2. The Hall–Kier alpha value is -3.53. The minimum absolute atomic E-state index is 0.0486. The molecule has 0 spiro atoms. The number of nitrogens with zero attached hydrogens (tertiary/aromatic N) is 3. The zero-order valence-electron chi connectivity index (χ0n) is 19.3. The van der Waals surface area contributed by atoms with E-state index >= 15 is 0 Å². The first-order chi connectivity index (χ1) is 16.5. The summed E-state index contributed by atoms with van der Waals surface area (Å²) in [5, 5.41) is 8.37. The number of halogens is 1. The van der Waals surface area contributed by atoms with E-state index in [1.54, 1.807) is 41.9 Å². The van der Waals surface area contributed by atoms with Gasteiger partial charge in [-0.2, -0.15) is 4.98 Å². The van der Waals surface area contributed by atoms with Gasteiger partial charge in [-0.15, -0.1) is 5.10 Å². The van der Waals surface area contributed by atoms with Gasteiger partial charge in [0.25, 0.3) is 0 Å². The molecule has 8 nitrogen and oxygen atoms in total. The van der Waals surface area contributed by atoms with Crippen molar-refractivity contribution in [1.82, 2.24) is 14.8 Å². The molecule has 3 aromatic rings. The van der Waals surface area contributed by atoms with Crippen molar-refractivity contribution in [3.8, 4) is 11.5 Å². The lowest BCUT2D eigenvalue weighted by atomic mass is 9.95. The number of methoxy groups -OCH3 is 2. The summed E-state index contributed by atoms with van der Waals surface area (Å²) in [7, 11) is 2.87. The molecular formula is C24H25FN4O4S. The number of hydrogen-bond acceptors (Lipinski definition) is 8. The van der Waals surface area contributed by atoms with Gasteiger partial charge in [0.1, 0.15) is 18.5 Å². The average Bonchev–Trinajstić information content (AvgIpc) is 3.24. The fraction of sp³-hybridized carbons (Fsp3) is 0.292. The van der Waals surface area contributed by atoms with Crippen LogP contribution in [0.15, 0.2) is 58.9 Å². The first-order valence-electron chi connectivity index (χ1n) is 10.7. The van der Waals surface area contributed by atoms with Crippen LogP contribution in [0.25, 0.3) is 0 Å². The summed E-state index contributed by atoms with van der Waals surface area (Å²) in [6.07, 6.45) is 0. The molecule has 2 aromatic carbocycles. The smallest absolute Gasteiger partial charge is 0.338 e. The standard InChI is InChI=1S/C24H25FN4O4S/c1-5-34-24-27-23-26-14(2)20(22(30)32-4)21(29(23)28-24)15-10-11-18(19(12-15)31-3)33-13-16-8-6-7-9-17(16)25/h6-12,21H,5,13H2,1-4H3,(H,26,27,28). The number of thioether (sulfide) groups is 1. The molecular weight excluding hydrogens is 459 g/mol. The van der Waals surface area contributed by atoms with Crippen LogP contribution in [0.5, 0.6) is 11.5 Å². The van der Waals surface area contributed by atoms with Crippen LogP contribution in [0.4, 0.5) is 10.3 Å². The summed E-state index contributed by atoms with van der Waals surface area (Å²) in [5.41, 5.74) is 2.21. The number of carbonyl (C=O) groups is 1. The molecule has 0 saturated carbocycles. The van der Waals surface area contributed by atoms with Crippen molar-refractivity contribution in [2.24, 2.45) is 0 Å². The summed E-state index contributed by atoms with van der Waals surface area (Å²) in [5.74, 6) is 1.43. The molecule has 0 radical (unpaired) electrons. The molecule has 4 rings (SSSR count). The Kier molecular flexibility index (Phi) is 7.06. The summed E-state index contributed by atoms with van der Waals surface area (Å²) >= 11 is 1.51. The van der Waals surface area contributed by atoms with Crippen molar-refractivity contribution >= 4 is 23.7 Å². The Morgan fingerprint density at radius 3 is 2.71 bits per heavy atom. The molecule has 0 fully saturated rings. The number of benzene rings is 2. The highest BCUT2D eigenvalue weighted by Crippen LogP contribution is 2.40. The van der Waals surface area contributed by atoms with E-state index in [-0.39, 0.29) is 12.4 Å². The lowest BCUT2D eigenvalue weighted by Gasteiger charge is -2.28. The number of allylic oxidation sites excluding steroid dienone is 1. The van der Waals surface area contributed by atoms with Crippen LogP contribution >= 0.6 is 11.8 Å². The van der Waals surface area contributed by atoms with Gasteiger partial charge in [-0.05, 0) is 36.4 Å². The van der Waals surface area contributed by atoms with Crippen LogP contribution in [0.1, 0.15) is 31.0 Å². The molecule has 0 saturated heterocycles. The van der Waals surface area contributed by atoms with E-state index in [1.165, 1.54) is 32.0 Å². The second kappa shape index (κ2) is 10.2. The zero-order valence-corrected chi connectivity index (χ0v) is 20.1. The van der Waals surface area contributed by atoms with E-state index < -0.39 is 12.0 Å². The lowest BCUT2D eigenvalue weighted by Crippen LogP contribution is -2.29. The largest absolute Gasteiger partial charge is 0.493 e. The highest BCUT2D eigenvalue weighted by atomic mass is 32.2.